The number of aliphatic hydroxyl groups is 1. The quantitative estimate of drug-likeness (QED) is 0.895. The van der Waals surface area contributed by atoms with Crippen molar-refractivity contribution in [1.82, 2.24) is 4.90 Å². The van der Waals surface area contributed by atoms with Crippen LogP contribution in [-0.2, 0) is 0 Å². The standard InChI is InChI=1S/C17H27NO/c1-13-9-10-14(2)16(11-13)17(19)12-18(3)15-7-5-4-6-8-15/h9-11,15,17,19H,4-8,12H2,1-3H3. The number of aryl methyl sites for hydroxylation is 2. The van der Waals surface area contributed by atoms with Crippen molar-refractivity contribution in [2.75, 3.05) is 13.6 Å². The van der Waals surface area contributed by atoms with Crippen molar-refractivity contribution < 1.29 is 5.11 Å². The van der Waals surface area contributed by atoms with Crippen molar-refractivity contribution in [2.45, 2.75) is 58.1 Å². The summed E-state index contributed by atoms with van der Waals surface area (Å²) in [5.41, 5.74) is 3.50. The van der Waals surface area contributed by atoms with E-state index in [9.17, 15) is 5.11 Å². The van der Waals surface area contributed by atoms with Gasteiger partial charge in [-0.3, -0.25) is 0 Å². The monoisotopic (exact) mass is 261 g/mol. The Balaban J connectivity index is 1.99. The van der Waals surface area contributed by atoms with E-state index >= 15 is 0 Å². The van der Waals surface area contributed by atoms with E-state index in [0.29, 0.717) is 6.04 Å². The molecule has 0 aliphatic heterocycles. The molecule has 2 rings (SSSR count). The first-order chi connectivity index (χ1) is 9.08. The number of nitrogens with zero attached hydrogens (tertiary/aromatic N) is 1. The second-order valence-corrected chi connectivity index (χ2v) is 6.11. The summed E-state index contributed by atoms with van der Waals surface area (Å²) in [6.07, 6.45) is 6.27. The van der Waals surface area contributed by atoms with E-state index in [2.05, 4.69) is 44.0 Å². The SMILES string of the molecule is Cc1ccc(C)c(C(O)CN(C)C2CCCCC2)c1. The average molecular weight is 261 g/mol. The van der Waals surface area contributed by atoms with Gasteiger partial charge in [0.1, 0.15) is 0 Å². The molecule has 1 saturated carbocycles. The van der Waals surface area contributed by atoms with Crippen LogP contribution in [-0.4, -0.2) is 29.6 Å². The Morgan fingerprint density at radius 1 is 1.21 bits per heavy atom. The number of rotatable bonds is 4. The third kappa shape index (κ3) is 3.80. The Kier molecular flexibility index (Phi) is 5.00. The molecular weight excluding hydrogens is 234 g/mol. The Hall–Kier alpha value is -0.860. The average Bonchev–Trinajstić information content (AvgIpc) is 2.42. The molecule has 1 aliphatic carbocycles. The molecule has 106 valence electrons. The molecule has 1 aromatic rings. The highest BCUT2D eigenvalue weighted by Crippen LogP contribution is 2.25. The first-order valence-corrected chi connectivity index (χ1v) is 7.53. The third-order valence-electron chi connectivity index (χ3n) is 4.45. The molecule has 0 saturated heterocycles. The van der Waals surface area contributed by atoms with Gasteiger partial charge in [-0.15, -0.1) is 0 Å². The second kappa shape index (κ2) is 6.53. The first kappa shape index (κ1) is 14.5. The van der Waals surface area contributed by atoms with Gasteiger partial charge in [-0.2, -0.15) is 0 Å². The summed E-state index contributed by atoms with van der Waals surface area (Å²) in [6, 6.07) is 6.99. The fraction of sp³-hybridized carbons (Fsp3) is 0.647. The van der Waals surface area contributed by atoms with E-state index in [1.54, 1.807) is 0 Å². The maximum atomic E-state index is 10.5. The molecule has 1 aromatic carbocycles. The normalized spacial score (nSPS) is 18.8. The maximum absolute atomic E-state index is 10.5. The van der Waals surface area contributed by atoms with Crippen LogP contribution in [0.3, 0.4) is 0 Å². The lowest BCUT2D eigenvalue weighted by molar-refractivity contribution is 0.0910. The molecule has 1 unspecified atom stereocenters. The lowest BCUT2D eigenvalue weighted by atomic mass is 9.93. The minimum absolute atomic E-state index is 0.369. The molecule has 19 heavy (non-hydrogen) atoms. The molecule has 0 aromatic heterocycles. The summed E-state index contributed by atoms with van der Waals surface area (Å²) >= 11 is 0. The first-order valence-electron chi connectivity index (χ1n) is 7.53. The van der Waals surface area contributed by atoms with Crippen molar-refractivity contribution in [3.8, 4) is 0 Å². The lowest BCUT2D eigenvalue weighted by Gasteiger charge is -2.32. The predicted molar refractivity (Wildman–Crippen MR) is 80.4 cm³/mol. The van der Waals surface area contributed by atoms with Gasteiger partial charge in [0.15, 0.2) is 0 Å². The van der Waals surface area contributed by atoms with E-state index in [-0.39, 0.29) is 6.10 Å². The molecule has 2 heteroatoms. The lowest BCUT2D eigenvalue weighted by Crippen LogP contribution is -2.36. The van der Waals surface area contributed by atoms with Gasteiger partial charge in [0, 0.05) is 12.6 Å². The number of hydrogen-bond acceptors (Lipinski definition) is 2. The Labute approximate surface area is 117 Å². The molecule has 1 fully saturated rings. The predicted octanol–water partition coefficient (Wildman–Crippen LogP) is 3.60. The van der Waals surface area contributed by atoms with E-state index in [0.717, 1.165) is 12.1 Å². The largest absolute Gasteiger partial charge is 0.387 e. The van der Waals surface area contributed by atoms with Crippen molar-refractivity contribution in [1.29, 1.82) is 0 Å². The van der Waals surface area contributed by atoms with Crippen LogP contribution in [0.25, 0.3) is 0 Å². The van der Waals surface area contributed by atoms with Crippen LogP contribution in [0.2, 0.25) is 0 Å². The zero-order chi connectivity index (χ0) is 13.8. The van der Waals surface area contributed by atoms with Crippen LogP contribution < -0.4 is 0 Å². The van der Waals surface area contributed by atoms with Gasteiger partial charge in [-0.1, -0.05) is 43.0 Å². The fourth-order valence-corrected chi connectivity index (χ4v) is 3.16. The summed E-state index contributed by atoms with van der Waals surface area (Å²) in [4.78, 5) is 2.35. The number of hydrogen-bond donors (Lipinski definition) is 1. The van der Waals surface area contributed by atoms with Gasteiger partial charge in [0.2, 0.25) is 0 Å². The molecule has 0 bridgehead atoms. The van der Waals surface area contributed by atoms with Gasteiger partial charge >= 0.3 is 0 Å². The van der Waals surface area contributed by atoms with Crippen molar-refractivity contribution in [3.05, 3.63) is 34.9 Å². The highest BCUT2D eigenvalue weighted by molar-refractivity contribution is 5.32. The molecule has 1 N–H and O–H groups in total. The van der Waals surface area contributed by atoms with Crippen LogP contribution >= 0.6 is 0 Å². The summed E-state index contributed by atoms with van der Waals surface area (Å²) in [6.45, 7) is 4.91. The van der Waals surface area contributed by atoms with Crippen LogP contribution in [0.4, 0.5) is 0 Å². The molecule has 0 radical (unpaired) electrons. The Morgan fingerprint density at radius 3 is 2.58 bits per heavy atom. The van der Waals surface area contributed by atoms with Crippen molar-refractivity contribution >= 4 is 0 Å². The highest BCUT2D eigenvalue weighted by atomic mass is 16.3. The summed E-state index contributed by atoms with van der Waals surface area (Å²) < 4.78 is 0. The Bertz CT molecular complexity index is 410. The minimum atomic E-state index is -0.369. The van der Waals surface area contributed by atoms with Gasteiger partial charge in [0.05, 0.1) is 6.10 Å². The van der Waals surface area contributed by atoms with Gasteiger partial charge < -0.3 is 10.0 Å². The van der Waals surface area contributed by atoms with E-state index < -0.39 is 0 Å². The van der Waals surface area contributed by atoms with Crippen LogP contribution in [0.15, 0.2) is 18.2 Å². The van der Waals surface area contributed by atoms with Crippen LogP contribution in [0, 0.1) is 13.8 Å². The number of benzene rings is 1. The van der Waals surface area contributed by atoms with Gasteiger partial charge in [-0.05, 0) is 44.9 Å². The topological polar surface area (TPSA) is 23.5 Å². The zero-order valence-corrected chi connectivity index (χ0v) is 12.5. The number of likely N-dealkylation sites (N-methyl/N-ethyl adjacent to an activating group) is 1. The molecule has 0 spiro atoms. The fourth-order valence-electron chi connectivity index (χ4n) is 3.16. The van der Waals surface area contributed by atoms with Crippen LogP contribution in [0.5, 0.6) is 0 Å². The molecule has 2 nitrogen and oxygen atoms in total. The third-order valence-corrected chi connectivity index (χ3v) is 4.45. The summed E-state index contributed by atoms with van der Waals surface area (Å²) in [5, 5.41) is 10.5. The van der Waals surface area contributed by atoms with Gasteiger partial charge in [0.25, 0.3) is 0 Å². The van der Waals surface area contributed by atoms with Crippen molar-refractivity contribution in [3.63, 3.8) is 0 Å². The van der Waals surface area contributed by atoms with E-state index in [1.165, 1.54) is 43.2 Å². The zero-order valence-electron chi connectivity index (χ0n) is 12.5. The maximum Gasteiger partial charge on any atom is 0.0919 e. The molecule has 0 heterocycles. The summed E-state index contributed by atoms with van der Waals surface area (Å²) in [5.74, 6) is 0. The molecule has 1 atom stereocenters. The van der Waals surface area contributed by atoms with E-state index in [1.807, 2.05) is 0 Å². The highest BCUT2D eigenvalue weighted by Gasteiger charge is 2.21. The number of aliphatic hydroxyl groups excluding tert-OH is 1. The molecular formula is C17H27NO. The smallest absolute Gasteiger partial charge is 0.0919 e. The minimum Gasteiger partial charge on any atom is -0.387 e. The summed E-state index contributed by atoms with van der Waals surface area (Å²) in [7, 11) is 2.16. The van der Waals surface area contributed by atoms with E-state index in [4.69, 9.17) is 0 Å². The second-order valence-electron chi connectivity index (χ2n) is 6.11. The van der Waals surface area contributed by atoms with Crippen LogP contribution in [0.1, 0.15) is 54.9 Å². The van der Waals surface area contributed by atoms with Gasteiger partial charge in [-0.25, -0.2) is 0 Å². The molecule has 0 amide bonds. The van der Waals surface area contributed by atoms with Crippen molar-refractivity contribution in [2.24, 2.45) is 0 Å². The Morgan fingerprint density at radius 2 is 1.89 bits per heavy atom. The molecule has 1 aliphatic rings.